The van der Waals surface area contributed by atoms with Crippen LogP contribution in [0.4, 0.5) is 0 Å². The molecule has 0 saturated carbocycles. The second-order valence-electron chi connectivity index (χ2n) is 4.66. The van der Waals surface area contributed by atoms with Gasteiger partial charge in [-0.3, -0.25) is 0 Å². The molecule has 1 aromatic carbocycles. The molecule has 0 aliphatic rings. The predicted octanol–water partition coefficient (Wildman–Crippen LogP) is 3.21. The lowest BCUT2D eigenvalue weighted by molar-refractivity contribution is 0.140. The normalized spacial score (nSPS) is 12.9. The Morgan fingerprint density at radius 2 is 2.11 bits per heavy atom. The van der Waals surface area contributed by atoms with Crippen LogP contribution < -0.4 is 0 Å². The van der Waals surface area contributed by atoms with E-state index in [1.165, 1.54) is 11.1 Å². The molecule has 0 saturated heterocycles. The largest absolute Gasteiger partial charge is 0.423 e. The number of benzene rings is 1. The topological polar surface area (TPSA) is 18.5 Å². The summed E-state index contributed by atoms with van der Waals surface area (Å²) in [6.07, 6.45) is 4.05. The molecule has 0 aliphatic heterocycles. The van der Waals surface area contributed by atoms with Crippen molar-refractivity contribution < 1.29 is 9.16 Å². The summed E-state index contributed by atoms with van der Waals surface area (Å²) >= 11 is 0. The molecule has 3 heteroatoms. The maximum absolute atomic E-state index is 5.91. The van der Waals surface area contributed by atoms with Crippen molar-refractivity contribution in [3.8, 4) is 0 Å². The van der Waals surface area contributed by atoms with Gasteiger partial charge >= 0.3 is 0 Å². The zero-order chi connectivity index (χ0) is 13.9. The molecule has 1 rings (SSSR count). The highest BCUT2D eigenvalue weighted by Crippen LogP contribution is 2.12. The summed E-state index contributed by atoms with van der Waals surface area (Å²) in [6.45, 7) is 10.6. The quantitative estimate of drug-likeness (QED) is 0.483. The lowest BCUT2D eigenvalue weighted by Gasteiger charge is -2.14. The second-order valence-corrected chi connectivity index (χ2v) is 6.56. The molecule has 0 amide bonds. The molecule has 0 bridgehead atoms. The van der Waals surface area contributed by atoms with Crippen LogP contribution >= 0.6 is 0 Å². The number of rotatable bonds is 10. The van der Waals surface area contributed by atoms with Gasteiger partial charge in [0.25, 0.3) is 0 Å². The lowest BCUT2D eigenvalue weighted by Crippen LogP contribution is -2.15. The minimum atomic E-state index is -0.480. The average Bonchev–Trinajstić information content (AvgIpc) is 2.47. The van der Waals surface area contributed by atoms with Gasteiger partial charge in [0.15, 0.2) is 9.76 Å². The smallest absolute Gasteiger partial charge is 0.166 e. The van der Waals surface area contributed by atoms with Crippen LogP contribution in [0.15, 0.2) is 30.8 Å². The zero-order valence-electron chi connectivity index (χ0n) is 12.2. The van der Waals surface area contributed by atoms with E-state index in [9.17, 15) is 0 Å². The minimum Gasteiger partial charge on any atom is -0.423 e. The molecule has 19 heavy (non-hydrogen) atoms. The Kier molecular flexibility index (Phi) is 8.46. The second kappa shape index (κ2) is 9.95. The standard InChI is InChI=1S/C16H26O2Si/c1-4-14-9-7-8-10-15(14)11-12-18-19-16(5-2)13-17-6-3/h4,7-10,16H,1,5-6,11-13,19H2,2-3H3. The van der Waals surface area contributed by atoms with Gasteiger partial charge in [-0.25, -0.2) is 0 Å². The summed E-state index contributed by atoms with van der Waals surface area (Å²) in [6, 6.07) is 8.37. The SMILES string of the molecule is C=Cc1ccccc1CCO[SiH2]C(CC)COCC. The summed E-state index contributed by atoms with van der Waals surface area (Å²) in [4.78, 5) is 0. The van der Waals surface area contributed by atoms with E-state index in [0.29, 0.717) is 5.54 Å². The average molecular weight is 278 g/mol. The molecule has 0 aliphatic carbocycles. The molecule has 0 heterocycles. The Labute approximate surface area is 119 Å². The first-order chi connectivity index (χ1) is 9.31. The summed E-state index contributed by atoms with van der Waals surface area (Å²) < 4.78 is 11.4. The van der Waals surface area contributed by atoms with Crippen molar-refractivity contribution in [1.82, 2.24) is 0 Å². The van der Waals surface area contributed by atoms with Gasteiger partial charge in [-0.1, -0.05) is 50.3 Å². The Morgan fingerprint density at radius 3 is 2.79 bits per heavy atom. The molecular weight excluding hydrogens is 252 g/mol. The highest BCUT2D eigenvalue weighted by molar-refractivity contribution is 6.29. The number of hydrogen-bond donors (Lipinski definition) is 0. The molecule has 0 N–H and O–H groups in total. The van der Waals surface area contributed by atoms with Crippen molar-refractivity contribution in [2.45, 2.75) is 32.2 Å². The van der Waals surface area contributed by atoms with E-state index in [4.69, 9.17) is 9.16 Å². The summed E-state index contributed by atoms with van der Waals surface area (Å²) in [5.41, 5.74) is 3.19. The van der Waals surface area contributed by atoms with E-state index in [1.54, 1.807) is 0 Å². The van der Waals surface area contributed by atoms with Crippen LogP contribution in [0, 0.1) is 0 Å². The molecule has 1 aromatic rings. The fraction of sp³-hybridized carbons (Fsp3) is 0.500. The van der Waals surface area contributed by atoms with Crippen molar-refractivity contribution in [1.29, 1.82) is 0 Å². The first-order valence-corrected chi connectivity index (χ1v) is 8.57. The van der Waals surface area contributed by atoms with Crippen molar-refractivity contribution in [3.05, 3.63) is 42.0 Å². The van der Waals surface area contributed by atoms with Gasteiger partial charge in [0.05, 0.1) is 0 Å². The van der Waals surface area contributed by atoms with Crippen LogP contribution in [0.5, 0.6) is 0 Å². The maximum atomic E-state index is 5.91. The fourth-order valence-corrected chi connectivity index (χ4v) is 3.10. The van der Waals surface area contributed by atoms with Gasteiger partial charge in [-0.05, 0) is 30.0 Å². The molecule has 0 fully saturated rings. The van der Waals surface area contributed by atoms with Crippen LogP contribution in [0.1, 0.15) is 31.4 Å². The van der Waals surface area contributed by atoms with E-state index in [0.717, 1.165) is 32.7 Å². The van der Waals surface area contributed by atoms with Crippen molar-refractivity contribution in [2.24, 2.45) is 0 Å². The Bertz CT molecular complexity index is 366. The van der Waals surface area contributed by atoms with Crippen molar-refractivity contribution in [3.63, 3.8) is 0 Å². The molecule has 106 valence electrons. The molecule has 1 atom stereocenters. The summed E-state index contributed by atoms with van der Waals surface area (Å²) in [5, 5.41) is 0. The highest BCUT2D eigenvalue weighted by Gasteiger charge is 2.07. The van der Waals surface area contributed by atoms with E-state index in [2.05, 4.69) is 31.7 Å². The monoisotopic (exact) mass is 278 g/mol. The summed E-state index contributed by atoms with van der Waals surface area (Å²) in [7, 11) is -0.480. The molecule has 2 nitrogen and oxygen atoms in total. The summed E-state index contributed by atoms with van der Waals surface area (Å²) in [5.74, 6) is 0. The first kappa shape index (κ1) is 16.2. The third kappa shape index (κ3) is 6.19. The molecule has 0 spiro atoms. The Morgan fingerprint density at radius 1 is 1.32 bits per heavy atom. The van der Waals surface area contributed by atoms with E-state index in [-0.39, 0.29) is 0 Å². The number of ether oxygens (including phenoxy) is 1. The van der Waals surface area contributed by atoms with Crippen molar-refractivity contribution in [2.75, 3.05) is 19.8 Å². The highest BCUT2D eigenvalue weighted by atomic mass is 28.2. The fourth-order valence-electron chi connectivity index (χ4n) is 1.96. The first-order valence-electron chi connectivity index (χ1n) is 7.17. The van der Waals surface area contributed by atoms with Crippen LogP contribution in [-0.2, 0) is 15.6 Å². The lowest BCUT2D eigenvalue weighted by atomic mass is 10.1. The predicted molar refractivity (Wildman–Crippen MR) is 85.3 cm³/mol. The minimum absolute atomic E-state index is 0.480. The van der Waals surface area contributed by atoms with Gasteiger partial charge in [-0.2, -0.15) is 0 Å². The van der Waals surface area contributed by atoms with Gasteiger partial charge in [0.2, 0.25) is 0 Å². The van der Waals surface area contributed by atoms with E-state index in [1.807, 2.05) is 19.1 Å². The van der Waals surface area contributed by atoms with Gasteiger partial charge < -0.3 is 9.16 Å². The Balaban J connectivity index is 2.27. The van der Waals surface area contributed by atoms with Crippen LogP contribution in [0.25, 0.3) is 6.08 Å². The van der Waals surface area contributed by atoms with Gasteiger partial charge in [0, 0.05) is 19.8 Å². The van der Waals surface area contributed by atoms with E-state index >= 15 is 0 Å². The third-order valence-corrected chi connectivity index (χ3v) is 5.09. The third-order valence-electron chi connectivity index (χ3n) is 3.28. The van der Waals surface area contributed by atoms with Gasteiger partial charge in [0.1, 0.15) is 0 Å². The van der Waals surface area contributed by atoms with Crippen molar-refractivity contribution >= 4 is 15.8 Å². The van der Waals surface area contributed by atoms with Gasteiger partial charge in [-0.15, -0.1) is 0 Å². The molecule has 1 unspecified atom stereocenters. The number of hydrogen-bond acceptors (Lipinski definition) is 2. The molecular formula is C16H26O2Si. The molecule has 0 aromatic heterocycles. The zero-order valence-corrected chi connectivity index (χ0v) is 13.6. The van der Waals surface area contributed by atoms with E-state index < -0.39 is 9.76 Å². The maximum Gasteiger partial charge on any atom is 0.166 e. The molecule has 0 radical (unpaired) electrons. The van der Waals surface area contributed by atoms with Crippen LogP contribution in [-0.4, -0.2) is 29.6 Å². The van der Waals surface area contributed by atoms with Crippen LogP contribution in [0.3, 0.4) is 0 Å². The van der Waals surface area contributed by atoms with Crippen LogP contribution in [0.2, 0.25) is 5.54 Å². The Hall–Kier alpha value is -0.903.